The van der Waals surface area contributed by atoms with Crippen molar-refractivity contribution in [3.8, 4) is 0 Å². The van der Waals surface area contributed by atoms with Gasteiger partial charge in [0.15, 0.2) is 0 Å². The van der Waals surface area contributed by atoms with Crippen molar-refractivity contribution in [3.63, 3.8) is 0 Å². The highest BCUT2D eigenvalue weighted by molar-refractivity contribution is 4.92. The SMILES string of the molecule is CNC(C)(C)C1CCCCN1C. The van der Waals surface area contributed by atoms with Crippen molar-refractivity contribution in [3.05, 3.63) is 0 Å². The first kappa shape index (κ1) is 10.0. The van der Waals surface area contributed by atoms with Crippen molar-refractivity contribution < 1.29 is 0 Å². The molecular weight excluding hydrogens is 148 g/mol. The zero-order valence-corrected chi connectivity index (χ0v) is 8.85. The normalized spacial score (nSPS) is 27.5. The number of likely N-dealkylation sites (N-methyl/N-ethyl adjacent to an activating group) is 2. The number of nitrogens with one attached hydrogen (secondary N) is 1. The van der Waals surface area contributed by atoms with E-state index in [1.54, 1.807) is 0 Å². The number of piperidine rings is 1. The predicted octanol–water partition coefficient (Wildman–Crippen LogP) is 1.47. The van der Waals surface area contributed by atoms with E-state index in [0.717, 1.165) is 0 Å². The minimum Gasteiger partial charge on any atom is -0.313 e. The van der Waals surface area contributed by atoms with Gasteiger partial charge in [-0.15, -0.1) is 0 Å². The molecule has 1 saturated heterocycles. The van der Waals surface area contributed by atoms with Gasteiger partial charge in [-0.2, -0.15) is 0 Å². The Morgan fingerprint density at radius 3 is 2.50 bits per heavy atom. The molecule has 1 rings (SSSR count). The summed E-state index contributed by atoms with van der Waals surface area (Å²) >= 11 is 0. The summed E-state index contributed by atoms with van der Waals surface area (Å²) in [5.74, 6) is 0. The van der Waals surface area contributed by atoms with Crippen LogP contribution in [0.5, 0.6) is 0 Å². The van der Waals surface area contributed by atoms with E-state index in [-0.39, 0.29) is 5.54 Å². The summed E-state index contributed by atoms with van der Waals surface area (Å²) in [6.45, 7) is 5.84. The van der Waals surface area contributed by atoms with Gasteiger partial charge in [0.1, 0.15) is 0 Å². The minimum absolute atomic E-state index is 0.259. The van der Waals surface area contributed by atoms with Gasteiger partial charge in [0.25, 0.3) is 0 Å². The third-order valence-electron chi connectivity index (χ3n) is 3.25. The van der Waals surface area contributed by atoms with E-state index in [4.69, 9.17) is 0 Å². The highest BCUT2D eigenvalue weighted by Crippen LogP contribution is 2.24. The maximum Gasteiger partial charge on any atom is 0.0277 e. The fourth-order valence-electron chi connectivity index (χ4n) is 2.15. The summed E-state index contributed by atoms with van der Waals surface area (Å²) in [7, 11) is 4.30. The van der Waals surface area contributed by atoms with Crippen LogP contribution in [0.1, 0.15) is 33.1 Å². The number of nitrogens with zero attached hydrogens (tertiary/aromatic N) is 1. The largest absolute Gasteiger partial charge is 0.313 e. The van der Waals surface area contributed by atoms with Gasteiger partial charge < -0.3 is 10.2 Å². The number of likely N-dealkylation sites (tertiary alicyclic amines) is 1. The fraction of sp³-hybridized carbons (Fsp3) is 1.00. The van der Waals surface area contributed by atoms with Crippen molar-refractivity contribution in [1.29, 1.82) is 0 Å². The van der Waals surface area contributed by atoms with Gasteiger partial charge in [0, 0.05) is 11.6 Å². The van der Waals surface area contributed by atoms with Crippen LogP contribution in [0.25, 0.3) is 0 Å². The van der Waals surface area contributed by atoms with Gasteiger partial charge in [-0.1, -0.05) is 6.42 Å². The van der Waals surface area contributed by atoms with E-state index in [9.17, 15) is 0 Å². The van der Waals surface area contributed by atoms with Crippen molar-refractivity contribution in [2.45, 2.75) is 44.7 Å². The molecule has 0 radical (unpaired) electrons. The molecule has 0 amide bonds. The molecule has 72 valence electrons. The first-order valence-electron chi connectivity index (χ1n) is 4.97. The molecule has 1 heterocycles. The number of rotatable bonds is 2. The van der Waals surface area contributed by atoms with Crippen molar-refractivity contribution in [2.75, 3.05) is 20.6 Å². The highest BCUT2D eigenvalue weighted by Gasteiger charge is 2.32. The molecule has 0 aromatic heterocycles. The van der Waals surface area contributed by atoms with Crippen LogP contribution >= 0.6 is 0 Å². The Balaban J connectivity index is 2.58. The number of hydrogen-bond donors (Lipinski definition) is 1. The first-order chi connectivity index (χ1) is 5.58. The van der Waals surface area contributed by atoms with Crippen LogP contribution in [0.3, 0.4) is 0 Å². The van der Waals surface area contributed by atoms with Crippen LogP contribution in [0.15, 0.2) is 0 Å². The van der Waals surface area contributed by atoms with E-state index in [0.29, 0.717) is 6.04 Å². The average molecular weight is 170 g/mol. The maximum absolute atomic E-state index is 3.40. The van der Waals surface area contributed by atoms with Crippen molar-refractivity contribution in [2.24, 2.45) is 0 Å². The summed E-state index contributed by atoms with van der Waals surface area (Å²) in [5, 5.41) is 3.40. The van der Waals surface area contributed by atoms with E-state index in [1.165, 1.54) is 25.8 Å². The monoisotopic (exact) mass is 170 g/mol. The van der Waals surface area contributed by atoms with Gasteiger partial charge in [-0.05, 0) is 47.3 Å². The molecule has 0 saturated carbocycles. The lowest BCUT2D eigenvalue weighted by Gasteiger charge is -2.43. The van der Waals surface area contributed by atoms with Gasteiger partial charge in [-0.25, -0.2) is 0 Å². The van der Waals surface area contributed by atoms with Crippen LogP contribution in [-0.4, -0.2) is 37.1 Å². The smallest absolute Gasteiger partial charge is 0.0277 e. The zero-order valence-electron chi connectivity index (χ0n) is 8.85. The van der Waals surface area contributed by atoms with E-state index in [2.05, 4.69) is 38.2 Å². The molecule has 12 heavy (non-hydrogen) atoms. The zero-order chi connectivity index (χ0) is 9.19. The quantitative estimate of drug-likeness (QED) is 0.675. The molecule has 0 bridgehead atoms. The standard InChI is InChI=1S/C10H22N2/c1-10(2,11-3)9-7-5-6-8-12(9)4/h9,11H,5-8H2,1-4H3. The molecule has 0 aliphatic carbocycles. The lowest BCUT2D eigenvalue weighted by Crippen LogP contribution is -2.56. The molecule has 1 unspecified atom stereocenters. The molecule has 0 aromatic rings. The van der Waals surface area contributed by atoms with Crippen LogP contribution in [0.4, 0.5) is 0 Å². The summed E-state index contributed by atoms with van der Waals surface area (Å²) in [6, 6.07) is 0.705. The van der Waals surface area contributed by atoms with Crippen LogP contribution in [-0.2, 0) is 0 Å². The van der Waals surface area contributed by atoms with Gasteiger partial charge in [0.05, 0.1) is 0 Å². The van der Waals surface area contributed by atoms with Crippen LogP contribution in [0.2, 0.25) is 0 Å². The second-order valence-electron chi connectivity index (χ2n) is 4.46. The third kappa shape index (κ3) is 1.99. The summed E-state index contributed by atoms with van der Waals surface area (Å²) in [6.07, 6.45) is 4.09. The molecule has 1 fully saturated rings. The molecule has 0 spiro atoms. The van der Waals surface area contributed by atoms with E-state index in [1.807, 2.05) is 0 Å². The van der Waals surface area contributed by atoms with Crippen LogP contribution < -0.4 is 5.32 Å². The predicted molar refractivity (Wildman–Crippen MR) is 53.4 cm³/mol. The topological polar surface area (TPSA) is 15.3 Å². The number of hydrogen-bond acceptors (Lipinski definition) is 2. The van der Waals surface area contributed by atoms with E-state index < -0.39 is 0 Å². The Bertz CT molecular complexity index is 143. The van der Waals surface area contributed by atoms with Gasteiger partial charge in [0.2, 0.25) is 0 Å². The highest BCUT2D eigenvalue weighted by atomic mass is 15.2. The second kappa shape index (κ2) is 3.75. The fourth-order valence-corrected chi connectivity index (χ4v) is 2.15. The Morgan fingerprint density at radius 2 is 2.00 bits per heavy atom. The van der Waals surface area contributed by atoms with E-state index >= 15 is 0 Å². The molecule has 2 nitrogen and oxygen atoms in total. The molecule has 1 aliphatic rings. The summed E-state index contributed by atoms with van der Waals surface area (Å²) in [5.41, 5.74) is 0.259. The lowest BCUT2D eigenvalue weighted by atomic mass is 9.87. The Labute approximate surface area is 76.3 Å². The Kier molecular flexibility index (Phi) is 3.13. The minimum atomic E-state index is 0.259. The molecular formula is C10H22N2. The second-order valence-corrected chi connectivity index (χ2v) is 4.46. The Morgan fingerprint density at radius 1 is 1.33 bits per heavy atom. The van der Waals surface area contributed by atoms with Crippen LogP contribution in [0, 0.1) is 0 Å². The average Bonchev–Trinajstić information content (AvgIpc) is 2.05. The molecule has 1 N–H and O–H groups in total. The molecule has 0 aromatic carbocycles. The lowest BCUT2D eigenvalue weighted by molar-refractivity contribution is 0.108. The molecule has 1 atom stereocenters. The molecule has 1 aliphatic heterocycles. The van der Waals surface area contributed by atoms with Gasteiger partial charge >= 0.3 is 0 Å². The van der Waals surface area contributed by atoms with Crippen molar-refractivity contribution in [1.82, 2.24) is 10.2 Å². The summed E-state index contributed by atoms with van der Waals surface area (Å²) < 4.78 is 0. The molecule has 2 heteroatoms. The first-order valence-corrected chi connectivity index (χ1v) is 4.97. The van der Waals surface area contributed by atoms with Gasteiger partial charge in [-0.3, -0.25) is 0 Å². The van der Waals surface area contributed by atoms with Crippen molar-refractivity contribution >= 4 is 0 Å². The Hall–Kier alpha value is -0.0800. The summed E-state index contributed by atoms with van der Waals surface area (Å²) in [4.78, 5) is 2.49. The third-order valence-corrected chi connectivity index (χ3v) is 3.25. The maximum atomic E-state index is 3.40.